The van der Waals surface area contributed by atoms with Crippen molar-refractivity contribution in [1.29, 1.82) is 0 Å². The predicted molar refractivity (Wildman–Crippen MR) is 106 cm³/mol. The van der Waals surface area contributed by atoms with E-state index in [2.05, 4.69) is 10.5 Å². The van der Waals surface area contributed by atoms with Crippen molar-refractivity contribution in [3.05, 3.63) is 78.1 Å². The lowest BCUT2D eigenvalue weighted by atomic mass is 10.0. The van der Waals surface area contributed by atoms with E-state index in [1.54, 1.807) is 12.3 Å². The fourth-order valence-electron chi connectivity index (χ4n) is 2.99. The van der Waals surface area contributed by atoms with E-state index >= 15 is 0 Å². The number of nitrogens with one attached hydrogen (secondary N) is 1. The Balaban J connectivity index is 1.60. The third kappa shape index (κ3) is 3.40. The van der Waals surface area contributed by atoms with Crippen LogP contribution in [0.15, 0.2) is 76.2 Å². The number of para-hydroxylation sites is 1. The third-order valence-corrected chi connectivity index (χ3v) is 4.24. The molecule has 134 valence electrons. The summed E-state index contributed by atoms with van der Waals surface area (Å²) >= 11 is 0. The van der Waals surface area contributed by atoms with E-state index in [0.29, 0.717) is 12.2 Å². The number of hydrogen-bond acceptors (Lipinski definition) is 4. The first-order valence-corrected chi connectivity index (χ1v) is 8.73. The normalized spacial score (nSPS) is 11.3. The lowest BCUT2D eigenvalue weighted by molar-refractivity contribution is 0.0929. The highest BCUT2D eigenvalue weighted by atomic mass is 16.5. The van der Waals surface area contributed by atoms with Gasteiger partial charge < -0.3 is 9.15 Å². The van der Waals surface area contributed by atoms with Crippen LogP contribution in [-0.2, 0) is 0 Å². The number of benzene rings is 3. The monoisotopic (exact) mass is 358 g/mol. The van der Waals surface area contributed by atoms with Gasteiger partial charge in [-0.15, -0.1) is 0 Å². The summed E-state index contributed by atoms with van der Waals surface area (Å²) in [6, 6.07) is 21.0. The van der Waals surface area contributed by atoms with Gasteiger partial charge in [0.2, 0.25) is 0 Å². The summed E-state index contributed by atoms with van der Waals surface area (Å²) < 4.78 is 11.3. The molecule has 3 aromatic carbocycles. The Hall–Kier alpha value is -3.60. The second-order valence-electron chi connectivity index (χ2n) is 5.98. The average Bonchev–Trinajstić information content (AvgIpc) is 3.14. The summed E-state index contributed by atoms with van der Waals surface area (Å²) in [5.74, 6) is 0.537. The molecule has 1 N–H and O–H groups in total. The molecule has 0 fully saturated rings. The van der Waals surface area contributed by atoms with Gasteiger partial charge in [0, 0.05) is 10.9 Å². The van der Waals surface area contributed by atoms with Crippen molar-refractivity contribution in [1.82, 2.24) is 5.43 Å². The average molecular weight is 358 g/mol. The molecule has 1 amide bonds. The van der Waals surface area contributed by atoms with E-state index in [4.69, 9.17) is 9.15 Å². The summed E-state index contributed by atoms with van der Waals surface area (Å²) in [4.78, 5) is 12.3. The van der Waals surface area contributed by atoms with E-state index in [0.717, 1.165) is 27.5 Å². The molecule has 5 heteroatoms. The fraction of sp³-hybridized carbons (Fsp3) is 0.0909. The number of rotatable bonds is 5. The van der Waals surface area contributed by atoms with Gasteiger partial charge in [-0.05, 0) is 35.9 Å². The number of furan rings is 1. The molecule has 0 saturated heterocycles. The van der Waals surface area contributed by atoms with E-state index < -0.39 is 5.91 Å². The molecule has 0 bridgehead atoms. The summed E-state index contributed by atoms with van der Waals surface area (Å²) in [7, 11) is 0. The molecule has 0 spiro atoms. The highest BCUT2D eigenvalue weighted by Gasteiger charge is 2.11. The van der Waals surface area contributed by atoms with Crippen molar-refractivity contribution in [3.8, 4) is 5.75 Å². The zero-order valence-corrected chi connectivity index (χ0v) is 14.8. The van der Waals surface area contributed by atoms with Crippen molar-refractivity contribution in [3.63, 3.8) is 0 Å². The largest absolute Gasteiger partial charge is 0.493 e. The molecule has 0 saturated carbocycles. The van der Waals surface area contributed by atoms with Gasteiger partial charge in [-0.2, -0.15) is 5.10 Å². The van der Waals surface area contributed by atoms with E-state index in [9.17, 15) is 4.79 Å². The summed E-state index contributed by atoms with van der Waals surface area (Å²) in [6.07, 6.45) is 1.61. The molecule has 0 radical (unpaired) electrons. The molecule has 1 aromatic heterocycles. The molecule has 0 atom stereocenters. The highest BCUT2D eigenvalue weighted by molar-refractivity contribution is 6.03. The van der Waals surface area contributed by atoms with Crippen molar-refractivity contribution in [2.75, 3.05) is 6.61 Å². The first-order chi connectivity index (χ1) is 13.3. The maximum absolute atomic E-state index is 12.3. The smallest absolute Gasteiger partial charge is 0.307 e. The van der Waals surface area contributed by atoms with Crippen molar-refractivity contribution in [2.24, 2.45) is 5.10 Å². The lowest BCUT2D eigenvalue weighted by Crippen LogP contribution is -2.16. The minimum atomic E-state index is -0.402. The van der Waals surface area contributed by atoms with Crippen molar-refractivity contribution >= 4 is 33.9 Å². The number of carbonyl (C=O) groups excluding carboxylic acids is 1. The van der Waals surface area contributed by atoms with Crippen LogP contribution < -0.4 is 10.2 Å². The molecule has 0 unspecified atom stereocenters. The van der Waals surface area contributed by atoms with E-state index in [-0.39, 0.29) is 5.76 Å². The first kappa shape index (κ1) is 16.8. The number of fused-ring (bicyclic) bond motifs is 2. The third-order valence-electron chi connectivity index (χ3n) is 4.24. The van der Waals surface area contributed by atoms with Gasteiger partial charge in [0.05, 0.1) is 12.8 Å². The molecular formula is C22H18N2O3. The van der Waals surface area contributed by atoms with Crippen molar-refractivity contribution < 1.29 is 13.9 Å². The minimum absolute atomic E-state index is 0.219. The van der Waals surface area contributed by atoms with Crippen LogP contribution in [0.25, 0.3) is 21.7 Å². The zero-order valence-electron chi connectivity index (χ0n) is 14.8. The zero-order chi connectivity index (χ0) is 18.6. The second kappa shape index (κ2) is 7.33. The molecule has 27 heavy (non-hydrogen) atoms. The van der Waals surface area contributed by atoms with Gasteiger partial charge in [-0.1, -0.05) is 48.5 Å². The van der Waals surface area contributed by atoms with E-state index in [1.807, 2.05) is 67.6 Å². The van der Waals surface area contributed by atoms with Gasteiger partial charge in [-0.3, -0.25) is 4.79 Å². The molecule has 0 aliphatic heterocycles. The van der Waals surface area contributed by atoms with Crippen LogP contribution in [0.2, 0.25) is 0 Å². The number of amides is 1. The van der Waals surface area contributed by atoms with Gasteiger partial charge in [0.25, 0.3) is 0 Å². The van der Waals surface area contributed by atoms with Crippen LogP contribution in [0.5, 0.6) is 5.75 Å². The van der Waals surface area contributed by atoms with Crippen LogP contribution in [0, 0.1) is 0 Å². The van der Waals surface area contributed by atoms with Gasteiger partial charge in [-0.25, -0.2) is 5.43 Å². The number of hydrazone groups is 1. The molecule has 4 aromatic rings. The van der Waals surface area contributed by atoms with Gasteiger partial charge in [0.1, 0.15) is 11.3 Å². The van der Waals surface area contributed by atoms with Crippen LogP contribution in [-0.4, -0.2) is 18.7 Å². The fourth-order valence-corrected chi connectivity index (χ4v) is 2.99. The Morgan fingerprint density at radius 3 is 2.67 bits per heavy atom. The topological polar surface area (TPSA) is 63.8 Å². The molecule has 4 rings (SSSR count). The Kier molecular flexibility index (Phi) is 4.58. The Morgan fingerprint density at radius 1 is 1.07 bits per heavy atom. The maximum Gasteiger partial charge on any atom is 0.307 e. The molecule has 1 heterocycles. The van der Waals surface area contributed by atoms with Gasteiger partial charge in [0.15, 0.2) is 5.76 Å². The summed E-state index contributed by atoms with van der Waals surface area (Å²) in [5, 5.41) is 7.07. The highest BCUT2D eigenvalue weighted by Crippen LogP contribution is 2.26. The van der Waals surface area contributed by atoms with Crippen LogP contribution in [0.4, 0.5) is 0 Å². The van der Waals surface area contributed by atoms with Crippen molar-refractivity contribution in [2.45, 2.75) is 6.92 Å². The van der Waals surface area contributed by atoms with Crippen LogP contribution >= 0.6 is 0 Å². The van der Waals surface area contributed by atoms with Crippen LogP contribution in [0.3, 0.4) is 0 Å². The van der Waals surface area contributed by atoms with E-state index in [1.165, 1.54) is 0 Å². The Morgan fingerprint density at radius 2 is 1.85 bits per heavy atom. The second-order valence-corrected chi connectivity index (χ2v) is 5.98. The minimum Gasteiger partial charge on any atom is -0.493 e. The lowest BCUT2D eigenvalue weighted by Gasteiger charge is -2.10. The Bertz CT molecular complexity index is 1110. The molecular weight excluding hydrogens is 340 g/mol. The molecule has 5 nitrogen and oxygen atoms in total. The summed E-state index contributed by atoms with van der Waals surface area (Å²) in [5.41, 5.74) is 4.01. The molecule has 0 aliphatic rings. The molecule has 0 aliphatic carbocycles. The Labute approximate surface area is 156 Å². The predicted octanol–water partition coefficient (Wildman–Crippen LogP) is 4.75. The number of nitrogens with zero attached hydrogens (tertiary/aromatic N) is 1. The first-order valence-electron chi connectivity index (χ1n) is 8.73. The number of hydrogen-bond donors (Lipinski definition) is 1. The SMILES string of the molecule is CCOc1ccc2ccccc2c1/C=N\NC(=O)c1cc2ccccc2o1. The maximum atomic E-state index is 12.3. The number of carbonyl (C=O) groups is 1. The van der Waals surface area contributed by atoms with Crippen LogP contribution in [0.1, 0.15) is 23.0 Å². The quantitative estimate of drug-likeness (QED) is 0.414. The standard InChI is InChI=1S/C22H18N2O3/c1-2-26-20-12-11-15-7-3-5-9-17(15)18(20)14-23-24-22(25)21-13-16-8-4-6-10-19(16)27-21/h3-14H,2H2,1H3,(H,24,25)/b23-14-. The number of ether oxygens (including phenoxy) is 1. The van der Waals surface area contributed by atoms with Gasteiger partial charge >= 0.3 is 5.91 Å². The summed E-state index contributed by atoms with van der Waals surface area (Å²) in [6.45, 7) is 2.48.